The van der Waals surface area contributed by atoms with Gasteiger partial charge >= 0.3 is 0 Å². The summed E-state index contributed by atoms with van der Waals surface area (Å²) in [6.45, 7) is 4.34. The molecule has 4 nitrogen and oxygen atoms in total. The van der Waals surface area contributed by atoms with Gasteiger partial charge < -0.3 is 5.73 Å². The number of hydrogen-bond acceptors (Lipinski definition) is 4. The van der Waals surface area contributed by atoms with Crippen molar-refractivity contribution in [2.24, 2.45) is 0 Å². The first-order valence-electron chi connectivity index (χ1n) is 6.15. The van der Waals surface area contributed by atoms with Gasteiger partial charge in [-0.2, -0.15) is 0 Å². The van der Waals surface area contributed by atoms with E-state index in [4.69, 9.17) is 5.73 Å². The summed E-state index contributed by atoms with van der Waals surface area (Å²) in [4.78, 5) is 17.3. The van der Waals surface area contributed by atoms with Crippen LogP contribution in [0.1, 0.15) is 18.1 Å². The maximum Gasteiger partial charge on any atom is 0.258 e. The lowest BCUT2D eigenvalue weighted by Crippen LogP contribution is -2.24. The van der Waals surface area contributed by atoms with Crippen LogP contribution in [0.5, 0.6) is 0 Å². The van der Waals surface area contributed by atoms with Gasteiger partial charge in [-0.05, 0) is 24.3 Å². The second-order valence-corrected chi connectivity index (χ2v) is 5.53. The second kappa shape index (κ2) is 5.93. The van der Waals surface area contributed by atoms with Gasteiger partial charge in [0.05, 0.1) is 12.1 Å². The summed E-state index contributed by atoms with van der Waals surface area (Å²) in [7, 11) is 0. The average molecular weight is 275 g/mol. The fourth-order valence-electron chi connectivity index (χ4n) is 1.83. The Morgan fingerprint density at radius 3 is 2.84 bits per heavy atom. The maximum atomic E-state index is 12.1. The summed E-state index contributed by atoms with van der Waals surface area (Å²) in [5, 5.41) is 0. The van der Waals surface area contributed by atoms with Crippen LogP contribution in [-0.2, 0) is 6.54 Å². The monoisotopic (exact) mass is 275 g/mol. The number of aromatic nitrogens is 2. The zero-order chi connectivity index (χ0) is 13.8. The minimum atomic E-state index is -0.0798. The molecule has 0 aliphatic rings. The SMILES string of the molecule is CCSc1ccccc1Cn1cnc(N)c(C)c1=O. The number of anilines is 1. The van der Waals surface area contributed by atoms with E-state index in [0.717, 1.165) is 11.3 Å². The molecule has 0 fully saturated rings. The number of nitrogens with zero attached hydrogens (tertiary/aromatic N) is 2. The molecule has 2 aromatic rings. The summed E-state index contributed by atoms with van der Waals surface area (Å²) in [5.74, 6) is 1.31. The number of hydrogen-bond donors (Lipinski definition) is 1. The van der Waals surface area contributed by atoms with E-state index in [2.05, 4.69) is 18.0 Å². The van der Waals surface area contributed by atoms with Gasteiger partial charge in [0.15, 0.2) is 0 Å². The predicted molar refractivity (Wildman–Crippen MR) is 79.6 cm³/mol. The van der Waals surface area contributed by atoms with Crippen LogP contribution >= 0.6 is 11.8 Å². The Morgan fingerprint density at radius 1 is 1.37 bits per heavy atom. The molecule has 0 bridgehead atoms. The normalized spacial score (nSPS) is 10.6. The molecule has 2 N–H and O–H groups in total. The van der Waals surface area contributed by atoms with E-state index in [9.17, 15) is 4.79 Å². The molecule has 0 atom stereocenters. The Labute approximate surface area is 116 Å². The number of nitrogens with two attached hydrogens (primary N) is 1. The quantitative estimate of drug-likeness (QED) is 0.870. The number of benzene rings is 1. The minimum absolute atomic E-state index is 0.0798. The lowest BCUT2D eigenvalue weighted by atomic mass is 10.2. The number of thioether (sulfide) groups is 1. The molecule has 5 heteroatoms. The van der Waals surface area contributed by atoms with E-state index in [-0.39, 0.29) is 5.56 Å². The van der Waals surface area contributed by atoms with E-state index in [0.29, 0.717) is 17.9 Å². The summed E-state index contributed by atoms with van der Waals surface area (Å²) < 4.78 is 1.60. The third-order valence-corrected chi connectivity index (χ3v) is 3.91. The topological polar surface area (TPSA) is 60.9 Å². The molecule has 0 unspecified atom stereocenters. The Kier molecular flexibility index (Phi) is 4.27. The van der Waals surface area contributed by atoms with Gasteiger partial charge in [-0.3, -0.25) is 9.36 Å². The zero-order valence-electron chi connectivity index (χ0n) is 11.1. The Balaban J connectivity index is 2.37. The van der Waals surface area contributed by atoms with Gasteiger partial charge in [0.1, 0.15) is 12.1 Å². The molecule has 100 valence electrons. The van der Waals surface area contributed by atoms with Crippen molar-refractivity contribution in [2.45, 2.75) is 25.3 Å². The Bertz CT molecular complexity index is 637. The van der Waals surface area contributed by atoms with E-state index < -0.39 is 0 Å². The van der Waals surface area contributed by atoms with Gasteiger partial charge in [0.25, 0.3) is 5.56 Å². The van der Waals surface area contributed by atoms with Crippen molar-refractivity contribution in [1.29, 1.82) is 0 Å². The molecule has 0 radical (unpaired) electrons. The van der Waals surface area contributed by atoms with Gasteiger partial charge in [-0.25, -0.2) is 4.98 Å². The van der Waals surface area contributed by atoms with Crippen LogP contribution in [0.15, 0.2) is 40.3 Å². The summed E-state index contributed by atoms with van der Waals surface area (Å²) >= 11 is 1.77. The molecule has 19 heavy (non-hydrogen) atoms. The van der Waals surface area contributed by atoms with Crippen molar-refractivity contribution >= 4 is 17.6 Å². The van der Waals surface area contributed by atoms with Crippen LogP contribution < -0.4 is 11.3 Å². The third kappa shape index (κ3) is 2.98. The van der Waals surface area contributed by atoms with Gasteiger partial charge in [-0.1, -0.05) is 25.1 Å². The largest absolute Gasteiger partial charge is 0.383 e. The lowest BCUT2D eigenvalue weighted by Gasteiger charge is -2.11. The number of nitrogen functional groups attached to an aromatic ring is 1. The molecule has 0 aliphatic heterocycles. The molecule has 1 aromatic carbocycles. The van der Waals surface area contributed by atoms with E-state index in [1.54, 1.807) is 23.3 Å². The summed E-state index contributed by atoms with van der Waals surface area (Å²) in [5.41, 5.74) is 7.18. The highest BCUT2D eigenvalue weighted by Gasteiger charge is 2.07. The molecule has 1 heterocycles. The van der Waals surface area contributed by atoms with Crippen LogP contribution in [0.3, 0.4) is 0 Å². The fraction of sp³-hybridized carbons (Fsp3) is 0.286. The zero-order valence-corrected chi connectivity index (χ0v) is 11.9. The average Bonchev–Trinajstić information content (AvgIpc) is 2.42. The lowest BCUT2D eigenvalue weighted by molar-refractivity contribution is 0.722. The highest BCUT2D eigenvalue weighted by molar-refractivity contribution is 7.99. The summed E-state index contributed by atoms with van der Waals surface area (Å²) in [6.07, 6.45) is 1.51. The first-order valence-corrected chi connectivity index (χ1v) is 7.14. The molecular weight excluding hydrogens is 258 g/mol. The van der Waals surface area contributed by atoms with Crippen molar-refractivity contribution < 1.29 is 0 Å². The van der Waals surface area contributed by atoms with E-state index in [1.165, 1.54) is 11.2 Å². The smallest absolute Gasteiger partial charge is 0.258 e. The third-order valence-electron chi connectivity index (χ3n) is 2.92. The molecule has 0 saturated carbocycles. The van der Waals surface area contributed by atoms with Crippen LogP contribution in [0.25, 0.3) is 0 Å². The Hall–Kier alpha value is -1.75. The summed E-state index contributed by atoms with van der Waals surface area (Å²) in [6, 6.07) is 8.11. The van der Waals surface area contributed by atoms with Gasteiger partial charge in [0.2, 0.25) is 0 Å². The number of rotatable bonds is 4. The highest BCUT2D eigenvalue weighted by Crippen LogP contribution is 2.22. The second-order valence-electron chi connectivity index (χ2n) is 4.23. The molecular formula is C14H17N3OS. The first-order chi connectivity index (χ1) is 9.13. The van der Waals surface area contributed by atoms with Crippen molar-refractivity contribution in [2.75, 3.05) is 11.5 Å². The van der Waals surface area contributed by atoms with Gasteiger partial charge in [-0.15, -0.1) is 11.8 Å². The van der Waals surface area contributed by atoms with Crippen molar-refractivity contribution in [3.63, 3.8) is 0 Å². The molecule has 0 spiro atoms. The van der Waals surface area contributed by atoms with Crippen LogP contribution in [0, 0.1) is 6.92 Å². The fourth-order valence-corrected chi connectivity index (χ4v) is 2.64. The molecule has 0 amide bonds. The standard InChI is InChI=1S/C14H17N3OS/c1-3-19-12-7-5-4-6-11(12)8-17-9-16-13(15)10(2)14(17)18/h4-7,9H,3,8,15H2,1-2H3. The van der Waals surface area contributed by atoms with Crippen LogP contribution in [0.4, 0.5) is 5.82 Å². The predicted octanol–water partition coefficient (Wildman–Crippen LogP) is 2.29. The molecule has 0 saturated heterocycles. The minimum Gasteiger partial charge on any atom is -0.383 e. The molecule has 0 aliphatic carbocycles. The molecule has 1 aromatic heterocycles. The van der Waals surface area contributed by atoms with Crippen LogP contribution in [-0.4, -0.2) is 15.3 Å². The van der Waals surface area contributed by atoms with Crippen LogP contribution in [0.2, 0.25) is 0 Å². The first kappa shape index (κ1) is 13.7. The van der Waals surface area contributed by atoms with Crippen molar-refractivity contribution in [1.82, 2.24) is 9.55 Å². The Morgan fingerprint density at radius 2 is 2.11 bits per heavy atom. The van der Waals surface area contributed by atoms with E-state index in [1.807, 2.05) is 18.2 Å². The maximum absolute atomic E-state index is 12.1. The van der Waals surface area contributed by atoms with E-state index >= 15 is 0 Å². The molecule has 2 rings (SSSR count). The van der Waals surface area contributed by atoms with Crippen molar-refractivity contribution in [3.8, 4) is 0 Å². The highest BCUT2D eigenvalue weighted by atomic mass is 32.2. The van der Waals surface area contributed by atoms with Crippen molar-refractivity contribution in [3.05, 3.63) is 52.1 Å². The van der Waals surface area contributed by atoms with Gasteiger partial charge in [0, 0.05) is 4.90 Å².